The summed E-state index contributed by atoms with van der Waals surface area (Å²) in [4.78, 5) is 19.4. The van der Waals surface area contributed by atoms with E-state index >= 15 is 0 Å². The molecule has 2 aromatic carbocycles. The van der Waals surface area contributed by atoms with E-state index in [9.17, 15) is 4.79 Å². The Morgan fingerprint density at radius 3 is 2.70 bits per heavy atom. The number of hydrogen-bond donors (Lipinski definition) is 0. The lowest BCUT2D eigenvalue weighted by Crippen LogP contribution is -2.30. The quantitative estimate of drug-likeness (QED) is 0.512. The first kappa shape index (κ1) is 17.2. The third-order valence-electron chi connectivity index (χ3n) is 4.08. The number of hydrogen-bond acceptors (Lipinski definition) is 6. The summed E-state index contributed by atoms with van der Waals surface area (Å²) < 4.78 is 11.4. The molecule has 2 heterocycles. The van der Waals surface area contributed by atoms with Crippen molar-refractivity contribution in [2.45, 2.75) is 13.5 Å². The molecule has 0 atom stereocenters. The van der Waals surface area contributed by atoms with Gasteiger partial charge >= 0.3 is 0 Å². The number of amides is 1. The predicted molar refractivity (Wildman–Crippen MR) is 104 cm³/mol. The molecule has 0 radical (unpaired) electrons. The lowest BCUT2D eigenvalue weighted by atomic mass is 10.2. The topological polar surface area (TPSA) is 68.5 Å². The minimum Gasteiger partial charge on any atom is -0.497 e. The second-order valence-electron chi connectivity index (χ2n) is 6.04. The fraction of sp³-hybridized carbons (Fsp3) is 0.150. The molecule has 0 bridgehead atoms. The van der Waals surface area contributed by atoms with E-state index in [2.05, 4.69) is 10.1 Å². The van der Waals surface area contributed by atoms with E-state index in [-0.39, 0.29) is 11.7 Å². The second-order valence-corrected chi connectivity index (χ2v) is 7.05. The molecule has 0 saturated heterocycles. The van der Waals surface area contributed by atoms with Crippen LogP contribution in [-0.2, 0) is 6.54 Å². The number of methoxy groups -OCH3 is 1. The summed E-state index contributed by atoms with van der Waals surface area (Å²) >= 11 is 1.45. The molecule has 0 aliphatic carbocycles. The Morgan fingerprint density at radius 1 is 1.19 bits per heavy atom. The van der Waals surface area contributed by atoms with E-state index in [1.807, 2.05) is 48.5 Å². The van der Waals surface area contributed by atoms with Crippen LogP contribution in [0.1, 0.15) is 21.8 Å². The molecule has 1 amide bonds. The molecule has 6 nitrogen and oxygen atoms in total. The van der Waals surface area contributed by atoms with Crippen molar-refractivity contribution in [1.29, 1.82) is 0 Å². The summed E-state index contributed by atoms with van der Waals surface area (Å²) in [6.07, 6.45) is 0. The van der Waals surface area contributed by atoms with Crippen LogP contribution in [0.4, 0.5) is 5.13 Å². The highest BCUT2D eigenvalue weighted by atomic mass is 32.1. The maximum absolute atomic E-state index is 13.1. The van der Waals surface area contributed by atoms with E-state index in [1.54, 1.807) is 25.0 Å². The first-order valence-electron chi connectivity index (χ1n) is 8.38. The first-order valence-corrected chi connectivity index (χ1v) is 9.19. The molecule has 4 aromatic rings. The average molecular weight is 379 g/mol. The summed E-state index contributed by atoms with van der Waals surface area (Å²) in [6.45, 7) is 2.17. The number of benzene rings is 2. The summed E-state index contributed by atoms with van der Waals surface area (Å²) in [6, 6.07) is 17.1. The van der Waals surface area contributed by atoms with E-state index in [4.69, 9.17) is 9.26 Å². The molecule has 0 N–H and O–H groups in total. The molecule has 0 aliphatic rings. The zero-order valence-corrected chi connectivity index (χ0v) is 15.7. The molecule has 0 fully saturated rings. The maximum Gasteiger partial charge on any atom is 0.298 e. The van der Waals surface area contributed by atoms with E-state index in [0.29, 0.717) is 17.4 Å². The molecular weight excluding hydrogens is 362 g/mol. The minimum absolute atomic E-state index is 0.195. The van der Waals surface area contributed by atoms with Gasteiger partial charge in [0.25, 0.3) is 5.91 Å². The van der Waals surface area contributed by atoms with Gasteiger partial charge in [-0.3, -0.25) is 9.69 Å². The van der Waals surface area contributed by atoms with Crippen LogP contribution in [0.25, 0.3) is 10.2 Å². The average Bonchev–Trinajstić information content (AvgIpc) is 3.31. The molecule has 136 valence electrons. The number of aromatic nitrogens is 2. The number of rotatable bonds is 5. The van der Waals surface area contributed by atoms with Gasteiger partial charge in [-0.25, -0.2) is 4.98 Å². The van der Waals surface area contributed by atoms with Gasteiger partial charge in [0.15, 0.2) is 5.13 Å². The first-order chi connectivity index (χ1) is 13.1. The monoisotopic (exact) mass is 379 g/mol. The van der Waals surface area contributed by atoms with Gasteiger partial charge in [0.1, 0.15) is 5.75 Å². The third kappa shape index (κ3) is 3.54. The van der Waals surface area contributed by atoms with Gasteiger partial charge in [-0.05, 0) is 24.6 Å². The van der Waals surface area contributed by atoms with Crippen LogP contribution in [0, 0.1) is 6.92 Å². The number of aryl methyl sites for hydroxylation is 1. The highest BCUT2D eigenvalue weighted by Gasteiger charge is 2.25. The largest absolute Gasteiger partial charge is 0.497 e. The zero-order valence-electron chi connectivity index (χ0n) is 14.9. The molecule has 0 saturated carbocycles. The van der Waals surface area contributed by atoms with Gasteiger partial charge in [0.2, 0.25) is 5.76 Å². The second kappa shape index (κ2) is 7.20. The van der Waals surface area contributed by atoms with Crippen molar-refractivity contribution in [2.75, 3.05) is 12.0 Å². The molecule has 27 heavy (non-hydrogen) atoms. The lowest BCUT2D eigenvalue weighted by molar-refractivity contribution is 0.0949. The standard InChI is InChI=1S/C20H17N3O3S/c1-13-10-17(26-22-13)19(24)23(12-14-6-4-3-5-7-14)20-21-16-11-15(25-2)8-9-18(16)27-20/h3-11H,12H2,1-2H3. The van der Waals surface area contributed by atoms with E-state index < -0.39 is 0 Å². The van der Waals surface area contributed by atoms with Crippen molar-refractivity contribution in [3.05, 3.63) is 71.6 Å². The lowest BCUT2D eigenvalue weighted by Gasteiger charge is -2.18. The van der Waals surface area contributed by atoms with E-state index in [0.717, 1.165) is 21.5 Å². The van der Waals surface area contributed by atoms with Crippen LogP contribution in [0.15, 0.2) is 59.1 Å². The Kier molecular flexibility index (Phi) is 4.60. The number of fused-ring (bicyclic) bond motifs is 1. The Bertz CT molecular complexity index is 1090. The fourth-order valence-corrected chi connectivity index (χ4v) is 3.67. The van der Waals surface area contributed by atoms with Gasteiger partial charge in [0, 0.05) is 12.1 Å². The predicted octanol–water partition coefficient (Wildman–Crippen LogP) is 4.45. The van der Waals surface area contributed by atoms with Crippen LogP contribution in [0.5, 0.6) is 5.75 Å². The fourth-order valence-electron chi connectivity index (χ4n) is 2.73. The van der Waals surface area contributed by atoms with Crippen LogP contribution in [-0.4, -0.2) is 23.2 Å². The number of carbonyl (C=O) groups is 1. The summed E-state index contributed by atoms with van der Waals surface area (Å²) in [5, 5.41) is 4.43. The highest BCUT2D eigenvalue weighted by Crippen LogP contribution is 2.32. The zero-order chi connectivity index (χ0) is 18.8. The molecular formula is C20H17N3O3S. The Balaban J connectivity index is 1.75. The number of carbonyl (C=O) groups excluding carboxylic acids is 1. The molecule has 2 aromatic heterocycles. The number of thiazole rings is 1. The van der Waals surface area contributed by atoms with Crippen molar-refractivity contribution < 1.29 is 14.1 Å². The van der Waals surface area contributed by atoms with Gasteiger partial charge in [-0.15, -0.1) is 0 Å². The molecule has 0 aliphatic heterocycles. The molecule has 7 heteroatoms. The maximum atomic E-state index is 13.1. The van der Waals surface area contributed by atoms with Crippen LogP contribution in [0.3, 0.4) is 0 Å². The van der Waals surface area contributed by atoms with Crippen molar-refractivity contribution in [2.24, 2.45) is 0 Å². The SMILES string of the molecule is COc1ccc2sc(N(Cc3ccccc3)C(=O)c3cc(C)no3)nc2c1. The molecule has 0 unspecified atom stereocenters. The molecule has 4 rings (SSSR count). The number of ether oxygens (including phenoxy) is 1. The van der Waals surface area contributed by atoms with Gasteiger partial charge in [0.05, 0.1) is 29.6 Å². The third-order valence-corrected chi connectivity index (χ3v) is 5.14. The van der Waals surface area contributed by atoms with Crippen LogP contribution < -0.4 is 9.64 Å². The normalized spacial score (nSPS) is 10.9. The van der Waals surface area contributed by atoms with Crippen molar-refractivity contribution in [3.8, 4) is 5.75 Å². The van der Waals surface area contributed by atoms with Gasteiger partial charge < -0.3 is 9.26 Å². The van der Waals surface area contributed by atoms with Gasteiger partial charge in [-0.2, -0.15) is 0 Å². The Morgan fingerprint density at radius 2 is 2.00 bits per heavy atom. The smallest absolute Gasteiger partial charge is 0.298 e. The minimum atomic E-state index is -0.273. The summed E-state index contributed by atoms with van der Waals surface area (Å²) in [7, 11) is 1.62. The van der Waals surface area contributed by atoms with Crippen molar-refractivity contribution in [1.82, 2.24) is 10.1 Å². The molecule has 0 spiro atoms. The number of nitrogens with zero attached hydrogens (tertiary/aromatic N) is 3. The highest BCUT2D eigenvalue weighted by molar-refractivity contribution is 7.22. The van der Waals surface area contributed by atoms with Gasteiger partial charge in [-0.1, -0.05) is 46.8 Å². The number of anilines is 1. The van der Waals surface area contributed by atoms with Crippen molar-refractivity contribution >= 4 is 32.6 Å². The summed E-state index contributed by atoms with van der Waals surface area (Å²) in [5.74, 6) is 0.650. The van der Waals surface area contributed by atoms with Crippen molar-refractivity contribution in [3.63, 3.8) is 0 Å². The Labute approximate surface area is 160 Å². The van der Waals surface area contributed by atoms with E-state index in [1.165, 1.54) is 11.3 Å². The van der Waals surface area contributed by atoms with Crippen LogP contribution >= 0.6 is 11.3 Å². The summed E-state index contributed by atoms with van der Waals surface area (Å²) in [5.41, 5.74) is 2.44. The van der Waals surface area contributed by atoms with Crippen LogP contribution in [0.2, 0.25) is 0 Å². The Hall–Kier alpha value is -3.19.